The lowest BCUT2D eigenvalue weighted by Gasteiger charge is -2.15. The molecule has 0 spiro atoms. The van der Waals surface area contributed by atoms with Crippen LogP contribution in [0.5, 0.6) is 0 Å². The molecule has 78 valence electrons. The molecule has 1 aromatic heterocycles. The predicted octanol–water partition coefficient (Wildman–Crippen LogP) is 2.94. The second-order valence-electron chi connectivity index (χ2n) is 3.06. The third-order valence-electron chi connectivity index (χ3n) is 1.92. The van der Waals surface area contributed by atoms with Gasteiger partial charge < -0.3 is 5.32 Å². The van der Waals surface area contributed by atoms with Crippen LogP contribution in [-0.2, 0) is 4.79 Å². The number of rotatable bonds is 5. The van der Waals surface area contributed by atoms with E-state index in [4.69, 9.17) is 11.6 Å². The zero-order chi connectivity index (χ0) is 10.4. The molecule has 1 heterocycles. The molecule has 0 radical (unpaired) electrons. The van der Waals surface area contributed by atoms with E-state index in [0.29, 0.717) is 0 Å². The van der Waals surface area contributed by atoms with Crippen molar-refractivity contribution in [2.24, 2.45) is 0 Å². The van der Waals surface area contributed by atoms with Gasteiger partial charge in [-0.3, -0.25) is 4.79 Å². The maximum absolute atomic E-state index is 11.2. The van der Waals surface area contributed by atoms with Gasteiger partial charge in [-0.1, -0.05) is 19.4 Å². The summed E-state index contributed by atoms with van der Waals surface area (Å²) in [5.74, 6) is -0.0653. The van der Waals surface area contributed by atoms with Crippen molar-refractivity contribution in [2.75, 3.05) is 5.88 Å². The first-order valence-corrected chi connectivity index (χ1v) is 6.08. The van der Waals surface area contributed by atoms with Crippen molar-refractivity contribution in [3.8, 4) is 0 Å². The van der Waals surface area contributed by atoms with Crippen molar-refractivity contribution in [1.82, 2.24) is 5.32 Å². The molecule has 0 saturated heterocycles. The lowest BCUT2D eigenvalue weighted by Crippen LogP contribution is -2.28. The fourth-order valence-corrected chi connectivity index (χ4v) is 2.19. The Balaban J connectivity index is 2.60. The third-order valence-corrected chi connectivity index (χ3v) is 3.15. The van der Waals surface area contributed by atoms with E-state index in [1.165, 1.54) is 4.88 Å². The zero-order valence-corrected chi connectivity index (χ0v) is 9.70. The number of nitrogens with one attached hydrogen (secondary N) is 1. The van der Waals surface area contributed by atoms with Gasteiger partial charge in [0.05, 0.1) is 6.04 Å². The summed E-state index contributed by atoms with van der Waals surface area (Å²) >= 11 is 7.11. The molecular formula is C10H14ClNOS. The van der Waals surface area contributed by atoms with Crippen LogP contribution in [0.2, 0.25) is 0 Å². The Bertz CT molecular complexity index is 274. The molecule has 14 heavy (non-hydrogen) atoms. The van der Waals surface area contributed by atoms with Gasteiger partial charge in [0, 0.05) is 4.88 Å². The van der Waals surface area contributed by atoms with Gasteiger partial charge in [0.1, 0.15) is 5.88 Å². The molecular weight excluding hydrogens is 218 g/mol. The molecule has 0 aliphatic rings. The molecule has 1 unspecified atom stereocenters. The fourth-order valence-electron chi connectivity index (χ4n) is 1.30. The predicted molar refractivity (Wildman–Crippen MR) is 60.8 cm³/mol. The molecule has 1 aromatic rings. The van der Waals surface area contributed by atoms with Crippen LogP contribution in [-0.4, -0.2) is 11.8 Å². The van der Waals surface area contributed by atoms with Gasteiger partial charge in [0.15, 0.2) is 0 Å². The van der Waals surface area contributed by atoms with Crippen LogP contribution in [0.15, 0.2) is 17.5 Å². The molecule has 4 heteroatoms. The molecule has 2 nitrogen and oxygen atoms in total. The minimum Gasteiger partial charge on any atom is -0.347 e. The molecule has 1 amide bonds. The lowest BCUT2D eigenvalue weighted by molar-refractivity contribution is -0.119. The average Bonchev–Trinajstić information content (AvgIpc) is 2.69. The van der Waals surface area contributed by atoms with Gasteiger partial charge in [-0.05, 0) is 17.9 Å². The summed E-state index contributed by atoms with van der Waals surface area (Å²) in [5.41, 5.74) is 0. The van der Waals surface area contributed by atoms with Crippen molar-refractivity contribution in [1.29, 1.82) is 0 Å². The minimum absolute atomic E-state index is 0.0333. The maximum Gasteiger partial charge on any atom is 0.235 e. The van der Waals surface area contributed by atoms with Gasteiger partial charge in [0.25, 0.3) is 0 Å². The summed E-state index contributed by atoms with van der Waals surface area (Å²) in [4.78, 5) is 12.4. The monoisotopic (exact) mass is 231 g/mol. The Morgan fingerprint density at radius 2 is 2.50 bits per heavy atom. The first-order valence-electron chi connectivity index (χ1n) is 4.66. The highest BCUT2D eigenvalue weighted by molar-refractivity contribution is 7.10. The van der Waals surface area contributed by atoms with Gasteiger partial charge >= 0.3 is 0 Å². The van der Waals surface area contributed by atoms with E-state index < -0.39 is 0 Å². The number of carbonyl (C=O) groups is 1. The molecule has 0 aliphatic carbocycles. The second kappa shape index (κ2) is 6.04. The summed E-state index contributed by atoms with van der Waals surface area (Å²) in [7, 11) is 0. The van der Waals surface area contributed by atoms with Crippen molar-refractivity contribution in [2.45, 2.75) is 25.8 Å². The van der Waals surface area contributed by atoms with Crippen molar-refractivity contribution >= 4 is 28.8 Å². The molecule has 0 aromatic carbocycles. The normalized spacial score (nSPS) is 12.4. The fraction of sp³-hybridized carbons (Fsp3) is 0.500. The van der Waals surface area contributed by atoms with E-state index in [1.54, 1.807) is 11.3 Å². The zero-order valence-electron chi connectivity index (χ0n) is 8.13. The highest BCUT2D eigenvalue weighted by atomic mass is 35.5. The maximum atomic E-state index is 11.2. The number of hydrogen-bond donors (Lipinski definition) is 1. The largest absolute Gasteiger partial charge is 0.347 e. The third kappa shape index (κ3) is 3.31. The summed E-state index contributed by atoms with van der Waals surface area (Å²) in [6.45, 7) is 2.10. The Morgan fingerprint density at radius 1 is 1.71 bits per heavy atom. The van der Waals surface area contributed by atoms with Crippen molar-refractivity contribution in [3.05, 3.63) is 22.4 Å². The Labute approximate surface area is 93.3 Å². The van der Waals surface area contributed by atoms with Gasteiger partial charge in [-0.25, -0.2) is 0 Å². The number of amides is 1. The van der Waals surface area contributed by atoms with Crippen LogP contribution in [0.25, 0.3) is 0 Å². The first-order chi connectivity index (χ1) is 6.77. The molecule has 0 bridgehead atoms. The molecule has 0 fully saturated rings. The number of hydrogen-bond acceptors (Lipinski definition) is 2. The summed E-state index contributed by atoms with van der Waals surface area (Å²) in [6, 6.07) is 4.17. The van der Waals surface area contributed by atoms with Gasteiger partial charge in [-0.2, -0.15) is 0 Å². The van der Waals surface area contributed by atoms with Crippen LogP contribution >= 0.6 is 22.9 Å². The summed E-state index contributed by atoms with van der Waals surface area (Å²) in [6.07, 6.45) is 2.01. The van der Waals surface area contributed by atoms with E-state index in [9.17, 15) is 4.79 Å². The lowest BCUT2D eigenvalue weighted by atomic mass is 10.1. The second-order valence-corrected chi connectivity index (χ2v) is 4.30. The Hall–Kier alpha value is -0.540. The van der Waals surface area contributed by atoms with Crippen LogP contribution in [0.4, 0.5) is 0 Å². The first kappa shape index (κ1) is 11.5. The quantitative estimate of drug-likeness (QED) is 0.776. The Morgan fingerprint density at radius 3 is 3.00 bits per heavy atom. The Kier molecular flexibility index (Phi) is 4.98. The van der Waals surface area contributed by atoms with E-state index >= 15 is 0 Å². The van der Waals surface area contributed by atoms with Gasteiger partial charge in [-0.15, -0.1) is 22.9 Å². The van der Waals surface area contributed by atoms with E-state index in [1.807, 2.05) is 17.5 Å². The van der Waals surface area contributed by atoms with Gasteiger partial charge in [0.2, 0.25) is 5.91 Å². The molecule has 1 N–H and O–H groups in total. The summed E-state index contributed by atoms with van der Waals surface area (Å²) < 4.78 is 0. The van der Waals surface area contributed by atoms with E-state index in [0.717, 1.165) is 12.8 Å². The topological polar surface area (TPSA) is 29.1 Å². The van der Waals surface area contributed by atoms with Crippen molar-refractivity contribution in [3.63, 3.8) is 0 Å². The van der Waals surface area contributed by atoms with Crippen LogP contribution in [0.3, 0.4) is 0 Å². The molecule has 1 atom stereocenters. The minimum atomic E-state index is -0.0986. The number of alkyl halides is 1. The number of carbonyl (C=O) groups excluding carboxylic acids is 1. The molecule has 0 saturated carbocycles. The van der Waals surface area contributed by atoms with Crippen LogP contribution in [0, 0.1) is 0 Å². The average molecular weight is 232 g/mol. The molecule has 1 rings (SSSR count). The van der Waals surface area contributed by atoms with Crippen molar-refractivity contribution < 1.29 is 4.79 Å². The molecule has 0 aliphatic heterocycles. The SMILES string of the molecule is CCCC(NC(=O)CCl)c1cccs1. The smallest absolute Gasteiger partial charge is 0.235 e. The number of thiophene rings is 1. The van der Waals surface area contributed by atoms with E-state index in [2.05, 4.69) is 12.2 Å². The van der Waals surface area contributed by atoms with E-state index in [-0.39, 0.29) is 17.8 Å². The standard InChI is InChI=1S/C10H14ClNOS/c1-2-4-8(12-10(13)7-11)9-5-3-6-14-9/h3,5-6,8H,2,4,7H2,1H3,(H,12,13). The highest BCUT2D eigenvalue weighted by Gasteiger charge is 2.13. The summed E-state index contributed by atoms with van der Waals surface area (Å²) in [5, 5.41) is 4.93. The van der Waals surface area contributed by atoms with Crippen LogP contribution in [0.1, 0.15) is 30.7 Å². The highest BCUT2D eigenvalue weighted by Crippen LogP contribution is 2.22. The van der Waals surface area contributed by atoms with Crippen LogP contribution < -0.4 is 5.32 Å². The number of halogens is 1.